The van der Waals surface area contributed by atoms with Crippen molar-refractivity contribution in [3.63, 3.8) is 0 Å². The van der Waals surface area contributed by atoms with E-state index in [0.717, 1.165) is 29.0 Å². The van der Waals surface area contributed by atoms with Gasteiger partial charge >= 0.3 is 0 Å². The van der Waals surface area contributed by atoms with E-state index in [1.807, 2.05) is 23.6 Å². The van der Waals surface area contributed by atoms with Gasteiger partial charge in [-0.15, -0.1) is 0 Å². The third kappa shape index (κ3) is 2.64. The molecular formula is C18H21N3. The molecule has 3 heteroatoms. The molecule has 0 spiro atoms. The van der Waals surface area contributed by atoms with Gasteiger partial charge in [0.2, 0.25) is 0 Å². The Hall–Kier alpha value is -2.29. The number of hydrogen-bond acceptors (Lipinski definition) is 2. The Kier molecular flexibility index (Phi) is 3.42. The monoisotopic (exact) mass is 279 g/mol. The van der Waals surface area contributed by atoms with E-state index < -0.39 is 0 Å². The Labute approximate surface area is 125 Å². The Morgan fingerprint density at radius 2 is 1.86 bits per heavy atom. The highest BCUT2D eigenvalue weighted by atomic mass is 15.0. The maximum Gasteiger partial charge on any atom is 0.160 e. The van der Waals surface area contributed by atoms with Gasteiger partial charge in [-0.3, -0.25) is 0 Å². The van der Waals surface area contributed by atoms with Crippen molar-refractivity contribution in [2.24, 2.45) is 0 Å². The predicted molar refractivity (Wildman–Crippen MR) is 87.7 cm³/mol. The number of pyridine rings is 1. The lowest BCUT2D eigenvalue weighted by Gasteiger charge is -2.05. The summed E-state index contributed by atoms with van der Waals surface area (Å²) in [6.45, 7) is 6.43. The lowest BCUT2D eigenvalue weighted by Crippen LogP contribution is -1.94. The van der Waals surface area contributed by atoms with E-state index in [0.29, 0.717) is 5.92 Å². The second-order valence-corrected chi connectivity index (χ2v) is 5.95. The van der Waals surface area contributed by atoms with Crippen molar-refractivity contribution < 1.29 is 0 Å². The van der Waals surface area contributed by atoms with Crippen LogP contribution < -0.4 is 5.73 Å². The molecule has 2 heterocycles. The fourth-order valence-corrected chi connectivity index (χ4v) is 2.53. The molecule has 21 heavy (non-hydrogen) atoms. The summed E-state index contributed by atoms with van der Waals surface area (Å²) in [7, 11) is 0. The zero-order valence-corrected chi connectivity index (χ0v) is 12.8. The van der Waals surface area contributed by atoms with E-state index in [1.165, 1.54) is 11.1 Å². The van der Waals surface area contributed by atoms with Gasteiger partial charge in [0.1, 0.15) is 0 Å². The molecule has 0 atom stereocenters. The van der Waals surface area contributed by atoms with Crippen LogP contribution in [0, 0.1) is 6.92 Å². The number of benzene rings is 1. The zero-order valence-electron chi connectivity index (χ0n) is 12.8. The Bertz CT molecular complexity index is 767. The molecule has 0 saturated heterocycles. The number of fused-ring (bicyclic) bond motifs is 1. The molecular weight excluding hydrogens is 258 g/mol. The minimum atomic E-state index is 0.567. The van der Waals surface area contributed by atoms with Crippen molar-refractivity contribution in [1.82, 2.24) is 9.38 Å². The molecule has 0 aliphatic rings. The van der Waals surface area contributed by atoms with Crippen LogP contribution in [-0.2, 0) is 6.42 Å². The highest BCUT2D eigenvalue weighted by molar-refractivity contribution is 5.68. The summed E-state index contributed by atoms with van der Waals surface area (Å²) in [5, 5.41) is 0. The van der Waals surface area contributed by atoms with Gasteiger partial charge in [0.05, 0.1) is 11.4 Å². The molecule has 3 rings (SSSR count). The molecule has 108 valence electrons. The van der Waals surface area contributed by atoms with Crippen LogP contribution in [0.25, 0.3) is 5.65 Å². The first-order chi connectivity index (χ1) is 10.0. The average Bonchev–Trinajstić information content (AvgIpc) is 2.87. The molecule has 2 aromatic heterocycles. The number of hydrogen-bond donors (Lipinski definition) is 1. The molecule has 0 aliphatic heterocycles. The molecule has 0 bridgehead atoms. The second kappa shape index (κ2) is 5.24. The number of aryl methyl sites for hydroxylation is 1. The van der Waals surface area contributed by atoms with E-state index in [4.69, 9.17) is 5.73 Å². The van der Waals surface area contributed by atoms with Crippen LogP contribution in [0.1, 0.15) is 42.1 Å². The number of aromatic nitrogens is 2. The van der Waals surface area contributed by atoms with E-state index in [1.54, 1.807) is 0 Å². The van der Waals surface area contributed by atoms with Crippen molar-refractivity contribution in [2.45, 2.75) is 33.1 Å². The lowest BCUT2D eigenvalue weighted by atomic mass is 10.0. The van der Waals surface area contributed by atoms with Crippen molar-refractivity contribution in [3.05, 3.63) is 65.1 Å². The van der Waals surface area contributed by atoms with Crippen molar-refractivity contribution >= 4 is 11.3 Å². The summed E-state index contributed by atoms with van der Waals surface area (Å²) in [6, 6.07) is 10.8. The van der Waals surface area contributed by atoms with E-state index >= 15 is 0 Å². The van der Waals surface area contributed by atoms with Crippen LogP contribution in [0.15, 0.2) is 42.7 Å². The Balaban J connectivity index is 1.89. The Morgan fingerprint density at radius 1 is 1.14 bits per heavy atom. The molecule has 2 N–H and O–H groups in total. The first-order valence-corrected chi connectivity index (χ1v) is 7.36. The van der Waals surface area contributed by atoms with Gasteiger partial charge < -0.3 is 10.1 Å². The normalized spacial score (nSPS) is 11.4. The number of imidazole rings is 1. The van der Waals surface area contributed by atoms with Crippen LogP contribution in [0.5, 0.6) is 0 Å². The maximum absolute atomic E-state index is 6.09. The maximum atomic E-state index is 6.09. The topological polar surface area (TPSA) is 43.3 Å². The molecule has 0 amide bonds. The molecule has 0 unspecified atom stereocenters. The fourth-order valence-electron chi connectivity index (χ4n) is 2.53. The van der Waals surface area contributed by atoms with Gasteiger partial charge in [-0.05, 0) is 35.6 Å². The average molecular weight is 279 g/mol. The fraction of sp³-hybridized carbons (Fsp3) is 0.278. The minimum absolute atomic E-state index is 0.567. The first-order valence-electron chi connectivity index (χ1n) is 7.36. The third-order valence-corrected chi connectivity index (χ3v) is 3.96. The van der Waals surface area contributed by atoms with E-state index in [-0.39, 0.29) is 0 Å². The zero-order chi connectivity index (χ0) is 15.0. The molecule has 0 aliphatic carbocycles. The summed E-state index contributed by atoms with van der Waals surface area (Å²) >= 11 is 0. The van der Waals surface area contributed by atoms with E-state index in [9.17, 15) is 0 Å². The molecule has 0 radical (unpaired) electrons. The van der Waals surface area contributed by atoms with Crippen LogP contribution in [0.2, 0.25) is 0 Å². The van der Waals surface area contributed by atoms with Gasteiger partial charge in [-0.1, -0.05) is 38.1 Å². The van der Waals surface area contributed by atoms with Crippen molar-refractivity contribution in [1.29, 1.82) is 0 Å². The van der Waals surface area contributed by atoms with Gasteiger partial charge in [-0.25, -0.2) is 4.98 Å². The largest absolute Gasteiger partial charge is 0.395 e. The first kappa shape index (κ1) is 13.7. The van der Waals surface area contributed by atoms with Gasteiger partial charge in [0.25, 0.3) is 0 Å². The van der Waals surface area contributed by atoms with Crippen LogP contribution in [0.3, 0.4) is 0 Å². The van der Waals surface area contributed by atoms with Gasteiger partial charge in [0, 0.05) is 18.8 Å². The van der Waals surface area contributed by atoms with Crippen LogP contribution in [0.4, 0.5) is 5.69 Å². The predicted octanol–water partition coefficient (Wildman–Crippen LogP) is 3.94. The minimum Gasteiger partial charge on any atom is -0.395 e. The summed E-state index contributed by atoms with van der Waals surface area (Å²) in [5.41, 5.74) is 12.5. The standard InChI is InChI=1S/C18H21N3/c1-12(2)15-6-4-14(5-7-15)10-16-11-21-9-8-13(3)17(19)18(21)20-16/h4-9,11-12H,10,19H2,1-3H3. The summed E-state index contributed by atoms with van der Waals surface area (Å²) in [4.78, 5) is 4.66. The highest BCUT2D eigenvalue weighted by Crippen LogP contribution is 2.20. The number of nitrogen functional groups attached to an aromatic ring is 1. The number of anilines is 1. The molecule has 3 nitrogen and oxygen atoms in total. The molecule has 0 fully saturated rings. The quantitative estimate of drug-likeness (QED) is 0.789. The van der Waals surface area contributed by atoms with Crippen LogP contribution in [-0.4, -0.2) is 9.38 Å². The highest BCUT2D eigenvalue weighted by Gasteiger charge is 2.07. The van der Waals surface area contributed by atoms with Crippen LogP contribution >= 0.6 is 0 Å². The summed E-state index contributed by atoms with van der Waals surface area (Å²) in [6.07, 6.45) is 4.90. The second-order valence-electron chi connectivity index (χ2n) is 5.95. The Morgan fingerprint density at radius 3 is 2.52 bits per heavy atom. The third-order valence-electron chi connectivity index (χ3n) is 3.96. The molecule has 0 saturated carbocycles. The van der Waals surface area contributed by atoms with Crippen molar-refractivity contribution in [2.75, 3.05) is 5.73 Å². The summed E-state index contributed by atoms with van der Waals surface area (Å²) in [5.74, 6) is 0.567. The smallest absolute Gasteiger partial charge is 0.160 e. The van der Waals surface area contributed by atoms with Gasteiger partial charge in [-0.2, -0.15) is 0 Å². The number of nitrogens with two attached hydrogens (primary N) is 1. The summed E-state index contributed by atoms with van der Waals surface area (Å²) < 4.78 is 2.00. The van der Waals surface area contributed by atoms with Gasteiger partial charge in [0.15, 0.2) is 5.65 Å². The number of rotatable bonds is 3. The van der Waals surface area contributed by atoms with Crippen molar-refractivity contribution in [3.8, 4) is 0 Å². The van der Waals surface area contributed by atoms with E-state index in [2.05, 4.69) is 49.3 Å². The lowest BCUT2D eigenvalue weighted by molar-refractivity contribution is 0.865. The SMILES string of the molecule is Cc1ccn2cc(Cc3ccc(C(C)C)cc3)nc2c1N. The molecule has 1 aromatic carbocycles. The molecule has 3 aromatic rings. The number of nitrogens with zero attached hydrogens (tertiary/aromatic N) is 2.